The van der Waals surface area contributed by atoms with Gasteiger partial charge in [0.25, 0.3) is 0 Å². The number of hydrogen-bond donors (Lipinski definition) is 0. The lowest BCUT2D eigenvalue weighted by Gasteiger charge is -2.37. The Labute approximate surface area is 160 Å². The third-order valence-corrected chi connectivity index (χ3v) is 7.74. The number of piperazine rings is 1. The smallest absolute Gasteiger partial charge is 0.224 e. The Kier molecular flexibility index (Phi) is 4.99. The first kappa shape index (κ1) is 18.5. The van der Waals surface area contributed by atoms with E-state index in [0.717, 1.165) is 19.5 Å². The van der Waals surface area contributed by atoms with E-state index in [2.05, 4.69) is 46.9 Å². The van der Waals surface area contributed by atoms with Crippen molar-refractivity contribution in [3.63, 3.8) is 0 Å². The molecule has 146 valence electrons. The second kappa shape index (κ2) is 7.28. The lowest BCUT2D eigenvalue weighted by atomic mass is 10.1. The minimum atomic E-state index is -2.85. The van der Waals surface area contributed by atoms with Crippen molar-refractivity contribution in [2.45, 2.75) is 32.4 Å². The molecule has 1 aromatic heterocycles. The fourth-order valence-corrected chi connectivity index (χ4v) is 6.11. The Morgan fingerprint density at radius 1 is 1.15 bits per heavy atom. The molecule has 2 aliphatic heterocycles. The molecule has 0 bridgehead atoms. The first-order chi connectivity index (χ1) is 12.9. The zero-order chi connectivity index (χ0) is 19.0. The van der Waals surface area contributed by atoms with Crippen LogP contribution in [0.3, 0.4) is 0 Å². The standard InChI is InChI=1S/C20H27N3O3S/c1-16-3-2-4-19-18(16)5-8-22(19)9-6-20(24)23-12-10-21(11-13-23)17-7-14-27(25,26)15-17/h2-5,8,17H,6-7,9-15H2,1H3. The summed E-state index contributed by atoms with van der Waals surface area (Å²) in [4.78, 5) is 16.8. The van der Waals surface area contributed by atoms with E-state index in [1.807, 2.05) is 4.90 Å². The SMILES string of the molecule is Cc1cccc2c1ccn2CCC(=O)N1CCN(C2CCS(=O)(=O)C2)CC1. The molecule has 27 heavy (non-hydrogen) atoms. The Hall–Kier alpha value is -1.86. The molecule has 1 unspecified atom stereocenters. The maximum atomic E-state index is 12.6. The van der Waals surface area contributed by atoms with Crippen molar-refractivity contribution in [2.24, 2.45) is 0 Å². The summed E-state index contributed by atoms with van der Waals surface area (Å²) in [6, 6.07) is 8.51. The summed E-state index contributed by atoms with van der Waals surface area (Å²) in [5.41, 5.74) is 2.43. The van der Waals surface area contributed by atoms with Gasteiger partial charge in [-0.2, -0.15) is 0 Å². The van der Waals surface area contributed by atoms with Gasteiger partial charge in [-0.15, -0.1) is 0 Å². The van der Waals surface area contributed by atoms with Crippen molar-refractivity contribution in [3.05, 3.63) is 36.0 Å². The van der Waals surface area contributed by atoms with Crippen molar-refractivity contribution in [2.75, 3.05) is 37.7 Å². The number of benzene rings is 1. The molecule has 3 heterocycles. The number of fused-ring (bicyclic) bond motifs is 1. The lowest BCUT2D eigenvalue weighted by molar-refractivity contribution is -0.133. The summed E-state index contributed by atoms with van der Waals surface area (Å²) < 4.78 is 25.5. The molecule has 0 radical (unpaired) electrons. The number of sulfone groups is 1. The second-order valence-corrected chi connectivity index (χ2v) is 9.97. The zero-order valence-electron chi connectivity index (χ0n) is 15.8. The highest BCUT2D eigenvalue weighted by Gasteiger charge is 2.34. The topological polar surface area (TPSA) is 62.6 Å². The highest BCUT2D eigenvalue weighted by molar-refractivity contribution is 7.91. The van der Waals surface area contributed by atoms with Gasteiger partial charge in [0.2, 0.25) is 5.91 Å². The van der Waals surface area contributed by atoms with Crippen molar-refractivity contribution < 1.29 is 13.2 Å². The molecule has 2 saturated heterocycles. The average molecular weight is 390 g/mol. The van der Waals surface area contributed by atoms with Crippen LogP contribution in [-0.2, 0) is 21.2 Å². The fourth-order valence-electron chi connectivity index (χ4n) is 4.35. The van der Waals surface area contributed by atoms with Crippen LogP contribution in [0.2, 0.25) is 0 Å². The van der Waals surface area contributed by atoms with Crippen LogP contribution in [0, 0.1) is 6.92 Å². The summed E-state index contributed by atoms with van der Waals surface area (Å²) in [6.45, 7) is 5.73. The van der Waals surface area contributed by atoms with Crippen LogP contribution in [0.5, 0.6) is 0 Å². The fraction of sp³-hybridized carbons (Fsp3) is 0.550. The minimum absolute atomic E-state index is 0.140. The van der Waals surface area contributed by atoms with E-state index < -0.39 is 9.84 Å². The molecule has 2 aliphatic rings. The minimum Gasteiger partial charge on any atom is -0.347 e. The number of rotatable bonds is 4. The second-order valence-electron chi connectivity index (χ2n) is 7.74. The number of carbonyl (C=O) groups is 1. The van der Waals surface area contributed by atoms with Gasteiger partial charge < -0.3 is 9.47 Å². The van der Waals surface area contributed by atoms with E-state index in [1.165, 1.54) is 16.5 Å². The van der Waals surface area contributed by atoms with Gasteiger partial charge in [-0.3, -0.25) is 9.69 Å². The first-order valence-electron chi connectivity index (χ1n) is 9.70. The molecule has 1 atom stereocenters. The molecule has 2 fully saturated rings. The molecule has 0 saturated carbocycles. The Bertz CT molecular complexity index is 943. The Morgan fingerprint density at radius 3 is 2.63 bits per heavy atom. The summed E-state index contributed by atoms with van der Waals surface area (Å²) in [5, 5.41) is 1.24. The van der Waals surface area contributed by atoms with E-state index >= 15 is 0 Å². The predicted molar refractivity (Wildman–Crippen MR) is 107 cm³/mol. The van der Waals surface area contributed by atoms with Gasteiger partial charge in [0.1, 0.15) is 0 Å². The summed E-state index contributed by atoms with van der Waals surface area (Å²) >= 11 is 0. The van der Waals surface area contributed by atoms with Gasteiger partial charge in [-0.25, -0.2) is 8.42 Å². The first-order valence-corrected chi connectivity index (χ1v) is 11.5. The van der Waals surface area contributed by atoms with Crippen LogP contribution in [0.4, 0.5) is 0 Å². The van der Waals surface area contributed by atoms with Gasteiger partial charge in [0.05, 0.1) is 11.5 Å². The Morgan fingerprint density at radius 2 is 1.93 bits per heavy atom. The molecule has 1 amide bonds. The molecule has 0 spiro atoms. The number of nitrogens with zero attached hydrogens (tertiary/aromatic N) is 3. The van der Waals surface area contributed by atoms with E-state index in [9.17, 15) is 13.2 Å². The van der Waals surface area contributed by atoms with Crippen LogP contribution >= 0.6 is 0 Å². The third-order valence-electron chi connectivity index (χ3n) is 5.99. The number of hydrogen-bond acceptors (Lipinski definition) is 4. The maximum Gasteiger partial charge on any atom is 0.224 e. The van der Waals surface area contributed by atoms with Gasteiger partial charge in [-0.05, 0) is 31.0 Å². The van der Waals surface area contributed by atoms with Crippen LogP contribution in [0.25, 0.3) is 10.9 Å². The molecule has 7 heteroatoms. The third kappa shape index (κ3) is 3.89. The lowest BCUT2D eigenvalue weighted by Crippen LogP contribution is -2.52. The molecular weight excluding hydrogens is 362 g/mol. The monoisotopic (exact) mass is 389 g/mol. The molecule has 0 aliphatic carbocycles. The van der Waals surface area contributed by atoms with Crippen LogP contribution in [0.15, 0.2) is 30.5 Å². The van der Waals surface area contributed by atoms with Crippen LogP contribution in [-0.4, -0.2) is 72.4 Å². The van der Waals surface area contributed by atoms with E-state index in [1.54, 1.807) is 0 Å². The molecular formula is C20H27N3O3S. The van der Waals surface area contributed by atoms with Crippen molar-refractivity contribution >= 4 is 26.6 Å². The molecule has 4 rings (SSSR count). The van der Waals surface area contributed by atoms with Crippen molar-refractivity contribution in [3.8, 4) is 0 Å². The molecule has 6 nitrogen and oxygen atoms in total. The van der Waals surface area contributed by atoms with E-state index in [0.29, 0.717) is 31.8 Å². The molecule has 0 N–H and O–H groups in total. The normalized spacial score (nSPS) is 23.1. The summed E-state index contributed by atoms with van der Waals surface area (Å²) in [5.74, 6) is 0.769. The Balaban J connectivity index is 1.30. The summed E-state index contributed by atoms with van der Waals surface area (Å²) in [6.07, 6.45) is 3.29. The quantitative estimate of drug-likeness (QED) is 0.798. The average Bonchev–Trinajstić information content (AvgIpc) is 3.24. The summed E-state index contributed by atoms with van der Waals surface area (Å²) in [7, 11) is -2.85. The van der Waals surface area contributed by atoms with Gasteiger partial charge in [0, 0.05) is 62.3 Å². The number of amides is 1. The zero-order valence-corrected chi connectivity index (χ0v) is 16.6. The van der Waals surface area contributed by atoms with E-state index in [-0.39, 0.29) is 17.7 Å². The highest BCUT2D eigenvalue weighted by Crippen LogP contribution is 2.21. The van der Waals surface area contributed by atoms with Gasteiger partial charge in [0.15, 0.2) is 9.84 Å². The highest BCUT2D eigenvalue weighted by atomic mass is 32.2. The van der Waals surface area contributed by atoms with Gasteiger partial charge in [-0.1, -0.05) is 12.1 Å². The number of carbonyl (C=O) groups excluding carboxylic acids is 1. The van der Waals surface area contributed by atoms with Crippen molar-refractivity contribution in [1.82, 2.24) is 14.4 Å². The predicted octanol–water partition coefficient (Wildman–Crippen LogP) is 1.67. The largest absolute Gasteiger partial charge is 0.347 e. The van der Waals surface area contributed by atoms with Crippen molar-refractivity contribution in [1.29, 1.82) is 0 Å². The van der Waals surface area contributed by atoms with Gasteiger partial charge >= 0.3 is 0 Å². The van der Waals surface area contributed by atoms with E-state index in [4.69, 9.17) is 0 Å². The van der Waals surface area contributed by atoms with Crippen LogP contribution in [0.1, 0.15) is 18.4 Å². The number of aryl methyl sites for hydroxylation is 2. The maximum absolute atomic E-state index is 12.6. The molecule has 2 aromatic rings. The molecule has 1 aromatic carbocycles. The number of aromatic nitrogens is 1. The van der Waals surface area contributed by atoms with Crippen LogP contribution < -0.4 is 0 Å².